The zero-order valence-corrected chi connectivity index (χ0v) is 3.21. The van der Waals surface area contributed by atoms with Gasteiger partial charge >= 0.3 is 6.18 Å². The lowest BCUT2D eigenvalue weighted by Gasteiger charge is -2.07. The summed E-state index contributed by atoms with van der Waals surface area (Å²) in [5, 5.41) is 0. The van der Waals surface area contributed by atoms with Gasteiger partial charge in [-0.25, -0.2) is 0 Å². The van der Waals surface area contributed by atoms with Crippen LogP contribution in [0.1, 0.15) is 21.9 Å². The molecule has 0 saturated carbocycles. The van der Waals surface area contributed by atoms with E-state index in [1.165, 1.54) is 0 Å². The fraction of sp³-hybridized carbons (Fsp3) is 1.00. The molecular formula is C4H7F3. The minimum atomic E-state index is -5.24. The molecule has 0 fully saturated rings. The average Bonchev–Trinajstić information content (AvgIpc) is 1.44. The van der Waals surface area contributed by atoms with E-state index in [1.54, 1.807) is 0 Å². The molecular weight excluding hydrogens is 105 g/mol. The Balaban J connectivity index is 5.02. The second kappa shape index (κ2) is 1.72. The normalized spacial score (nSPS) is 29.1. The highest BCUT2D eigenvalue weighted by molar-refractivity contribution is 4.52. The highest BCUT2D eigenvalue weighted by atomic mass is 19.4. The van der Waals surface area contributed by atoms with Gasteiger partial charge in [0.15, 0.2) is 0 Å². The first kappa shape index (κ1) is 1.64. The molecule has 0 aliphatic heterocycles. The maximum Gasteiger partial charge on any atom is 0.391 e. The van der Waals surface area contributed by atoms with Crippen LogP contribution in [0.15, 0.2) is 0 Å². The Morgan fingerprint density at radius 1 is 1.43 bits per heavy atom. The molecule has 0 aromatic heterocycles. The minimum Gasteiger partial charge on any atom is -0.171 e. The Hall–Kier alpha value is -0.210. The van der Waals surface area contributed by atoms with Crippen LogP contribution in [0.3, 0.4) is 0 Å². The topological polar surface area (TPSA) is 0 Å². The summed E-state index contributed by atoms with van der Waals surface area (Å²) in [4.78, 5) is 0. The summed E-state index contributed by atoms with van der Waals surface area (Å²) < 4.78 is 74.7. The van der Waals surface area contributed by atoms with E-state index in [2.05, 4.69) is 0 Å². The summed E-state index contributed by atoms with van der Waals surface area (Å²) in [6, 6.07) is 0. The highest BCUT2D eigenvalue weighted by Gasteiger charge is 2.31. The summed E-state index contributed by atoms with van der Waals surface area (Å²) in [6.07, 6.45) is -5.24. The van der Waals surface area contributed by atoms with Crippen LogP contribution in [0.4, 0.5) is 13.2 Å². The van der Waals surface area contributed by atoms with Crippen LogP contribution in [0.2, 0.25) is 0 Å². The Morgan fingerprint density at radius 3 is 1.86 bits per heavy atom. The maximum absolute atomic E-state index is 12.0. The van der Waals surface area contributed by atoms with Crippen molar-refractivity contribution in [3.63, 3.8) is 0 Å². The Bertz CT molecular complexity index is 143. The van der Waals surface area contributed by atoms with E-state index >= 15 is 0 Å². The monoisotopic (exact) mass is 118 g/mol. The Kier molecular flexibility index (Phi) is 0.402. The summed E-state index contributed by atoms with van der Waals surface area (Å²) in [5.41, 5.74) is 0. The number of halogens is 3. The van der Waals surface area contributed by atoms with Gasteiger partial charge in [0, 0.05) is 14.1 Å². The number of hydrogen-bond donors (Lipinski definition) is 0. The summed E-state index contributed by atoms with van der Waals surface area (Å²) in [6.45, 7) is -7.10. The molecule has 0 bridgehead atoms. The van der Waals surface area contributed by atoms with Crippen LogP contribution < -0.4 is 0 Å². The molecule has 0 aliphatic rings. The van der Waals surface area contributed by atoms with Crippen LogP contribution in [-0.2, 0) is 0 Å². The molecule has 0 amide bonds. The first-order valence-electron chi connectivity index (χ1n) is 4.43. The van der Waals surface area contributed by atoms with Crippen molar-refractivity contribution in [2.75, 3.05) is 0 Å². The Labute approximate surface area is 48.8 Å². The molecule has 0 aromatic carbocycles. The van der Waals surface area contributed by atoms with E-state index in [4.69, 9.17) is 8.22 Å². The highest BCUT2D eigenvalue weighted by Crippen LogP contribution is 2.24. The molecule has 0 spiro atoms. The maximum atomic E-state index is 12.0. The van der Waals surface area contributed by atoms with E-state index in [-0.39, 0.29) is 0 Å². The van der Waals surface area contributed by atoms with Gasteiger partial charge in [-0.2, -0.15) is 13.2 Å². The smallest absolute Gasteiger partial charge is 0.171 e. The third kappa shape index (κ3) is 2.48. The van der Waals surface area contributed by atoms with Gasteiger partial charge < -0.3 is 0 Å². The van der Waals surface area contributed by atoms with E-state index in [9.17, 15) is 13.2 Å². The van der Waals surface area contributed by atoms with Crippen LogP contribution in [0, 0.1) is 5.92 Å². The molecule has 0 nitrogen and oxygen atoms in total. The predicted molar refractivity (Wildman–Crippen MR) is 20.9 cm³/mol. The van der Waals surface area contributed by atoms with Crippen molar-refractivity contribution >= 4 is 0 Å². The lowest BCUT2D eigenvalue weighted by Crippen LogP contribution is -2.15. The molecule has 0 saturated heterocycles. The number of hydrogen-bond acceptors (Lipinski definition) is 0. The SMILES string of the molecule is [2H]C([2H])([2H])C(C([2H])([2H])[2H])C(F)(F)F. The van der Waals surface area contributed by atoms with Gasteiger partial charge in [-0.1, -0.05) is 13.7 Å². The van der Waals surface area contributed by atoms with Gasteiger partial charge in [-0.3, -0.25) is 0 Å². The van der Waals surface area contributed by atoms with Crippen molar-refractivity contribution in [1.82, 2.24) is 0 Å². The minimum absolute atomic E-state index is 3.27. The van der Waals surface area contributed by atoms with Crippen molar-refractivity contribution in [3.05, 3.63) is 0 Å². The first-order chi connectivity index (χ1) is 5.37. The van der Waals surface area contributed by atoms with Gasteiger partial charge in [-0.05, 0) is 0 Å². The van der Waals surface area contributed by atoms with E-state index in [1.807, 2.05) is 0 Å². The lowest BCUT2D eigenvalue weighted by atomic mass is 10.2. The van der Waals surface area contributed by atoms with E-state index in [0.717, 1.165) is 0 Å². The van der Waals surface area contributed by atoms with Crippen molar-refractivity contribution in [2.24, 2.45) is 5.92 Å². The molecule has 0 aromatic rings. The molecule has 0 N–H and O–H groups in total. The van der Waals surface area contributed by atoms with Gasteiger partial charge in [0.2, 0.25) is 0 Å². The predicted octanol–water partition coefficient (Wildman–Crippen LogP) is 2.20. The van der Waals surface area contributed by atoms with Crippen LogP contribution >= 0.6 is 0 Å². The molecule has 44 valence electrons. The average molecular weight is 118 g/mol. The third-order valence-corrected chi connectivity index (χ3v) is 0.327. The fourth-order valence-electron chi connectivity index (χ4n) is 0. The zero-order chi connectivity index (χ0) is 11.1. The second-order valence-corrected chi connectivity index (χ2v) is 0.975. The molecule has 7 heavy (non-hydrogen) atoms. The summed E-state index contributed by atoms with van der Waals surface area (Å²) in [7, 11) is 0. The summed E-state index contributed by atoms with van der Waals surface area (Å²) in [5.74, 6) is -3.27. The second-order valence-electron chi connectivity index (χ2n) is 0.975. The van der Waals surface area contributed by atoms with Crippen LogP contribution in [-0.4, -0.2) is 6.18 Å². The van der Waals surface area contributed by atoms with Crippen molar-refractivity contribution < 1.29 is 21.4 Å². The Morgan fingerprint density at radius 2 is 1.86 bits per heavy atom. The third-order valence-electron chi connectivity index (χ3n) is 0.327. The van der Waals surface area contributed by atoms with Gasteiger partial charge in [0.25, 0.3) is 0 Å². The molecule has 0 atom stereocenters. The first-order valence-corrected chi connectivity index (χ1v) is 1.43. The molecule has 0 rings (SSSR count). The van der Waals surface area contributed by atoms with Crippen molar-refractivity contribution in [1.29, 1.82) is 0 Å². The molecule has 0 aliphatic carbocycles. The van der Waals surface area contributed by atoms with Crippen LogP contribution in [0.5, 0.6) is 0 Å². The molecule has 0 radical (unpaired) electrons. The zero-order valence-electron chi connectivity index (χ0n) is 9.21. The van der Waals surface area contributed by atoms with Crippen molar-refractivity contribution in [2.45, 2.75) is 19.9 Å². The van der Waals surface area contributed by atoms with Crippen LogP contribution in [0.25, 0.3) is 0 Å². The standard InChI is InChI=1S/C4H7F3/c1-3(2)4(5,6)7/h3H,1-2H3/i1D3,2D3. The van der Waals surface area contributed by atoms with E-state index < -0.39 is 25.8 Å². The van der Waals surface area contributed by atoms with E-state index in [0.29, 0.717) is 0 Å². The number of rotatable bonds is 0. The lowest BCUT2D eigenvalue weighted by molar-refractivity contribution is -0.164. The fourth-order valence-corrected chi connectivity index (χ4v) is 0. The molecule has 0 unspecified atom stereocenters. The van der Waals surface area contributed by atoms with Gasteiger partial charge in [0.1, 0.15) is 0 Å². The summed E-state index contributed by atoms with van der Waals surface area (Å²) >= 11 is 0. The quantitative estimate of drug-likeness (QED) is 0.457. The van der Waals surface area contributed by atoms with Gasteiger partial charge in [-0.15, -0.1) is 0 Å². The van der Waals surface area contributed by atoms with Crippen molar-refractivity contribution in [3.8, 4) is 0 Å². The van der Waals surface area contributed by atoms with Gasteiger partial charge in [0.05, 0.1) is 0 Å². The number of alkyl halides is 3. The molecule has 0 heterocycles. The largest absolute Gasteiger partial charge is 0.391 e. The molecule has 3 heteroatoms.